The third kappa shape index (κ3) is 3.70. The van der Waals surface area contributed by atoms with E-state index in [9.17, 15) is 16.8 Å². The summed E-state index contributed by atoms with van der Waals surface area (Å²) >= 11 is 0. The van der Waals surface area contributed by atoms with Gasteiger partial charge in [0.15, 0.2) is 0 Å². The second-order valence-corrected chi connectivity index (χ2v) is 7.06. The monoisotopic (exact) mass is 282 g/mol. The Morgan fingerprint density at radius 2 is 1.94 bits per heavy atom. The van der Waals surface area contributed by atoms with Gasteiger partial charge in [-0.05, 0) is 13.3 Å². The molecule has 0 atom stereocenters. The minimum Gasteiger partial charge on any atom is -0.361 e. The Balaban J connectivity index is 3.26. The van der Waals surface area contributed by atoms with Gasteiger partial charge in [0.2, 0.25) is 5.88 Å². The second-order valence-electron chi connectivity index (χ2n) is 3.57. The van der Waals surface area contributed by atoms with Gasteiger partial charge < -0.3 is 4.18 Å². The molecule has 0 saturated carbocycles. The molecule has 1 aromatic heterocycles. The van der Waals surface area contributed by atoms with Crippen molar-refractivity contribution in [3.63, 3.8) is 0 Å². The van der Waals surface area contributed by atoms with E-state index in [0.29, 0.717) is 16.2 Å². The van der Waals surface area contributed by atoms with E-state index in [1.54, 1.807) is 13.8 Å². The predicted octanol–water partition coefficient (Wildman–Crippen LogP) is 0.118. The molecule has 0 bridgehead atoms. The van der Waals surface area contributed by atoms with Crippen molar-refractivity contribution < 1.29 is 21.0 Å². The molecule has 0 aliphatic carbocycles. The van der Waals surface area contributed by atoms with Crippen molar-refractivity contribution in [2.45, 2.75) is 20.3 Å². The summed E-state index contributed by atoms with van der Waals surface area (Å²) in [4.78, 5) is 0. The normalized spacial score (nSPS) is 12.6. The summed E-state index contributed by atoms with van der Waals surface area (Å²) in [7, 11) is -7.46. The third-order valence-electron chi connectivity index (χ3n) is 1.73. The van der Waals surface area contributed by atoms with Crippen molar-refractivity contribution in [1.82, 2.24) is 9.19 Å². The summed E-state index contributed by atoms with van der Waals surface area (Å²) in [5, 5.41) is 3.72. The van der Waals surface area contributed by atoms with Gasteiger partial charge in [0, 0.05) is 6.07 Å². The predicted molar refractivity (Wildman–Crippen MR) is 61.9 cm³/mol. The lowest BCUT2D eigenvalue weighted by molar-refractivity contribution is 0.472. The van der Waals surface area contributed by atoms with E-state index in [-0.39, 0.29) is 11.6 Å². The molecule has 0 aromatic carbocycles. The topological polar surface area (TPSA) is 95.3 Å². The summed E-state index contributed by atoms with van der Waals surface area (Å²) < 4.78 is 50.7. The number of aromatic nitrogens is 2. The van der Waals surface area contributed by atoms with Crippen molar-refractivity contribution in [2.75, 3.05) is 12.0 Å². The lowest BCUT2D eigenvalue weighted by atomic mass is 10.5. The first-order valence-corrected chi connectivity index (χ1v) is 8.27. The molecule has 0 amide bonds. The molecule has 0 saturated heterocycles. The standard InChI is InChI=1S/C8H14N2O5S2/c1-4-5-17(13,14)10-8(6-7(2)9-10)15-16(3,11)12/h6H,4-5H2,1-3H3. The Bertz CT molecular complexity index is 600. The van der Waals surface area contributed by atoms with Crippen molar-refractivity contribution >= 4 is 20.1 Å². The molecule has 98 valence electrons. The Hall–Kier alpha value is -1.09. The number of hydrogen-bond acceptors (Lipinski definition) is 6. The number of rotatable bonds is 5. The summed E-state index contributed by atoms with van der Waals surface area (Å²) in [5.74, 6) is -0.438. The van der Waals surface area contributed by atoms with Gasteiger partial charge in [-0.3, -0.25) is 0 Å². The first kappa shape index (κ1) is 14.0. The van der Waals surface area contributed by atoms with Crippen molar-refractivity contribution in [3.8, 4) is 5.88 Å². The van der Waals surface area contributed by atoms with E-state index < -0.39 is 20.1 Å². The smallest absolute Gasteiger partial charge is 0.307 e. The molecule has 0 spiro atoms. The maximum atomic E-state index is 11.8. The Morgan fingerprint density at radius 1 is 1.35 bits per heavy atom. The molecule has 1 aromatic rings. The van der Waals surface area contributed by atoms with Crippen LogP contribution in [0.25, 0.3) is 0 Å². The molecule has 7 nitrogen and oxygen atoms in total. The van der Waals surface area contributed by atoms with Crippen molar-refractivity contribution in [3.05, 3.63) is 11.8 Å². The highest BCUT2D eigenvalue weighted by Crippen LogP contribution is 2.18. The summed E-state index contributed by atoms with van der Waals surface area (Å²) in [6.45, 7) is 3.25. The summed E-state index contributed by atoms with van der Waals surface area (Å²) in [6.07, 6.45) is 1.24. The average Bonchev–Trinajstić information content (AvgIpc) is 2.43. The maximum absolute atomic E-state index is 11.8. The van der Waals surface area contributed by atoms with Crippen LogP contribution >= 0.6 is 0 Å². The Morgan fingerprint density at radius 3 is 2.41 bits per heavy atom. The molecule has 1 heterocycles. The highest BCUT2D eigenvalue weighted by atomic mass is 32.2. The van der Waals surface area contributed by atoms with E-state index in [1.807, 2.05) is 0 Å². The van der Waals surface area contributed by atoms with Crippen LogP contribution < -0.4 is 4.18 Å². The van der Waals surface area contributed by atoms with Gasteiger partial charge >= 0.3 is 10.1 Å². The van der Waals surface area contributed by atoms with Gasteiger partial charge in [0.1, 0.15) is 0 Å². The molecule has 0 aliphatic heterocycles. The molecule has 0 unspecified atom stereocenters. The van der Waals surface area contributed by atoms with Crippen molar-refractivity contribution in [2.24, 2.45) is 0 Å². The molecular weight excluding hydrogens is 268 g/mol. The van der Waals surface area contributed by atoms with Crippen LogP contribution in [0.5, 0.6) is 5.88 Å². The van der Waals surface area contributed by atoms with Crippen LogP contribution in [-0.4, -0.2) is 38.0 Å². The fourth-order valence-electron chi connectivity index (χ4n) is 1.21. The molecule has 0 fully saturated rings. The molecule has 0 N–H and O–H groups in total. The van der Waals surface area contributed by atoms with Gasteiger partial charge in [-0.15, -0.1) is 4.09 Å². The summed E-state index contributed by atoms with van der Waals surface area (Å²) in [5.41, 5.74) is 0.364. The van der Waals surface area contributed by atoms with E-state index >= 15 is 0 Å². The maximum Gasteiger partial charge on any atom is 0.307 e. The van der Waals surface area contributed by atoms with Crippen LogP contribution in [0.15, 0.2) is 6.07 Å². The average molecular weight is 282 g/mol. The zero-order valence-corrected chi connectivity index (χ0v) is 11.4. The fourth-order valence-corrected chi connectivity index (χ4v) is 2.99. The van der Waals surface area contributed by atoms with Crippen LogP contribution in [0.3, 0.4) is 0 Å². The van der Waals surface area contributed by atoms with Crippen molar-refractivity contribution in [1.29, 1.82) is 0 Å². The highest BCUT2D eigenvalue weighted by molar-refractivity contribution is 7.90. The Labute approximate surface area is 101 Å². The minimum atomic E-state index is -3.79. The van der Waals surface area contributed by atoms with E-state index in [2.05, 4.69) is 9.28 Å². The highest BCUT2D eigenvalue weighted by Gasteiger charge is 2.21. The van der Waals surface area contributed by atoms with Crippen LogP contribution in [0, 0.1) is 6.92 Å². The van der Waals surface area contributed by atoms with Gasteiger partial charge in [-0.2, -0.15) is 13.5 Å². The first-order chi connectivity index (χ1) is 7.65. The SMILES string of the molecule is CCCS(=O)(=O)n1nc(C)cc1OS(C)(=O)=O. The third-order valence-corrected chi connectivity index (χ3v) is 3.92. The van der Waals surface area contributed by atoms with E-state index in [4.69, 9.17) is 0 Å². The van der Waals surface area contributed by atoms with Gasteiger partial charge in [0.25, 0.3) is 10.0 Å². The molecule has 0 aliphatic rings. The van der Waals surface area contributed by atoms with Gasteiger partial charge in [0.05, 0.1) is 17.7 Å². The zero-order chi connectivity index (χ0) is 13.3. The zero-order valence-electron chi connectivity index (χ0n) is 9.74. The minimum absolute atomic E-state index is 0.131. The second kappa shape index (κ2) is 4.65. The number of nitrogens with zero attached hydrogens (tertiary/aromatic N) is 2. The summed E-state index contributed by atoms with van der Waals surface area (Å²) in [6, 6.07) is 1.26. The Kier molecular flexibility index (Phi) is 3.82. The molecule has 1 rings (SSSR count). The molecule has 17 heavy (non-hydrogen) atoms. The number of aryl methyl sites for hydroxylation is 1. The number of hydrogen-bond donors (Lipinski definition) is 0. The molecule has 9 heteroatoms. The van der Waals surface area contributed by atoms with Crippen LogP contribution in [-0.2, 0) is 20.1 Å². The lowest BCUT2D eigenvalue weighted by Crippen LogP contribution is -2.20. The fraction of sp³-hybridized carbons (Fsp3) is 0.625. The molecular formula is C8H14N2O5S2. The molecule has 0 radical (unpaired) electrons. The largest absolute Gasteiger partial charge is 0.361 e. The quantitative estimate of drug-likeness (QED) is 0.712. The lowest BCUT2D eigenvalue weighted by Gasteiger charge is -2.06. The van der Waals surface area contributed by atoms with E-state index in [1.165, 1.54) is 6.07 Å². The van der Waals surface area contributed by atoms with E-state index in [0.717, 1.165) is 6.26 Å². The van der Waals surface area contributed by atoms with Crippen LogP contribution in [0.2, 0.25) is 0 Å². The van der Waals surface area contributed by atoms with Gasteiger partial charge in [-0.25, -0.2) is 8.42 Å². The van der Waals surface area contributed by atoms with Crippen LogP contribution in [0.1, 0.15) is 19.0 Å². The first-order valence-electron chi connectivity index (χ1n) is 4.85. The van der Waals surface area contributed by atoms with Crippen LogP contribution in [0.4, 0.5) is 0 Å². The van der Waals surface area contributed by atoms with Gasteiger partial charge in [-0.1, -0.05) is 6.92 Å².